The summed E-state index contributed by atoms with van der Waals surface area (Å²) in [6.45, 7) is 2.80. The lowest BCUT2D eigenvalue weighted by Gasteiger charge is -2.47. The molecule has 42 heavy (non-hydrogen) atoms. The maximum atomic E-state index is 16.4. The monoisotopic (exact) mass is 596 g/mol. The zero-order valence-corrected chi connectivity index (χ0v) is 24.4. The van der Waals surface area contributed by atoms with Crippen molar-refractivity contribution < 1.29 is 17.9 Å². The standard InChI is InChI=1S/C29H31F3N8OS/c1-39(2)29(6-4-7-29)14-36-27-18-11-35-23(16-9-19(30)21(31)25-20(16)17(10-33)26(34)42-25)22(32)24(18)37-28(38-27)41-13-15-5-8-40(3)12-15/h9,11,15H,4-8,12-14,34H2,1-3H3,(H,36,37,38)/t15-/m0/s1. The molecule has 1 atom stereocenters. The Morgan fingerprint density at radius 2 is 2.05 bits per heavy atom. The predicted octanol–water partition coefficient (Wildman–Crippen LogP) is 5.00. The lowest BCUT2D eigenvalue weighted by Crippen LogP contribution is -2.54. The second-order valence-corrected chi connectivity index (χ2v) is 12.5. The fourth-order valence-corrected chi connectivity index (χ4v) is 6.89. The van der Waals surface area contributed by atoms with Crippen molar-refractivity contribution in [3.8, 4) is 23.3 Å². The lowest BCUT2D eigenvalue weighted by atomic mass is 9.75. The normalized spacial score (nSPS) is 18.5. The van der Waals surface area contributed by atoms with Crippen LogP contribution < -0.4 is 15.8 Å². The summed E-state index contributed by atoms with van der Waals surface area (Å²) in [7, 11) is 6.12. The van der Waals surface area contributed by atoms with Crippen LogP contribution in [0.3, 0.4) is 0 Å². The molecule has 6 rings (SSSR count). The predicted molar refractivity (Wildman–Crippen MR) is 157 cm³/mol. The number of pyridine rings is 1. The molecule has 2 fully saturated rings. The summed E-state index contributed by atoms with van der Waals surface area (Å²) in [4.78, 5) is 17.7. The Morgan fingerprint density at radius 3 is 2.69 bits per heavy atom. The number of thiophene rings is 1. The third-order valence-electron chi connectivity index (χ3n) is 8.67. The number of hydrogen-bond acceptors (Lipinski definition) is 10. The van der Waals surface area contributed by atoms with Crippen molar-refractivity contribution in [2.75, 3.05) is 58.4 Å². The molecule has 220 valence electrons. The Morgan fingerprint density at radius 1 is 1.26 bits per heavy atom. The third-order valence-corrected chi connectivity index (χ3v) is 9.68. The van der Waals surface area contributed by atoms with Gasteiger partial charge in [0.05, 0.1) is 22.3 Å². The molecular formula is C29H31F3N8OS. The lowest BCUT2D eigenvalue weighted by molar-refractivity contribution is 0.0738. The van der Waals surface area contributed by atoms with Gasteiger partial charge in [-0.1, -0.05) is 0 Å². The minimum Gasteiger partial charge on any atom is -0.463 e. The molecule has 1 aromatic carbocycles. The Bertz CT molecular complexity index is 1730. The number of hydrogen-bond donors (Lipinski definition) is 2. The third kappa shape index (κ3) is 4.77. The summed E-state index contributed by atoms with van der Waals surface area (Å²) in [5, 5.41) is 13.4. The summed E-state index contributed by atoms with van der Waals surface area (Å²) in [6.07, 6.45) is 5.53. The summed E-state index contributed by atoms with van der Waals surface area (Å²) >= 11 is 0.732. The van der Waals surface area contributed by atoms with Crippen LogP contribution in [0.4, 0.5) is 24.0 Å². The van der Waals surface area contributed by atoms with Crippen molar-refractivity contribution in [3.63, 3.8) is 0 Å². The molecule has 0 unspecified atom stereocenters. The van der Waals surface area contributed by atoms with Crippen LogP contribution in [-0.4, -0.2) is 77.7 Å². The number of aromatic nitrogens is 3. The van der Waals surface area contributed by atoms with Gasteiger partial charge in [0, 0.05) is 41.7 Å². The van der Waals surface area contributed by atoms with Crippen molar-refractivity contribution in [2.45, 2.75) is 31.2 Å². The van der Waals surface area contributed by atoms with Crippen molar-refractivity contribution in [1.29, 1.82) is 5.26 Å². The molecule has 1 aliphatic heterocycles. The summed E-state index contributed by atoms with van der Waals surface area (Å²) < 4.78 is 51.6. The van der Waals surface area contributed by atoms with Crippen LogP contribution in [0, 0.1) is 34.7 Å². The maximum Gasteiger partial charge on any atom is 0.319 e. The van der Waals surface area contributed by atoms with Crippen LogP contribution in [0.5, 0.6) is 6.01 Å². The molecule has 0 radical (unpaired) electrons. The molecule has 9 nitrogen and oxygen atoms in total. The highest BCUT2D eigenvalue weighted by Crippen LogP contribution is 2.43. The topological polar surface area (TPSA) is 116 Å². The fraction of sp³-hybridized carbons (Fsp3) is 0.448. The number of ether oxygens (including phenoxy) is 1. The van der Waals surface area contributed by atoms with E-state index in [0.29, 0.717) is 30.3 Å². The Hall–Kier alpha value is -3.73. The zero-order valence-electron chi connectivity index (χ0n) is 23.6. The van der Waals surface area contributed by atoms with Crippen LogP contribution in [0.15, 0.2) is 12.3 Å². The van der Waals surface area contributed by atoms with Gasteiger partial charge in [-0.2, -0.15) is 15.2 Å². The molecule has 0 amide bonds. The second kappa shape index (κ2) is 10.8. The molecule has 2 aliphatic rings. The highest BCUT2D eigenvalue weighted by atomic mass is 32.1. The van der Waals surface area contributed by atoms with Crippen LogP contribution >= 0.6 is 11.3 Å². The van der Waals surface area contributed by atoms with Crippen molar-refractivity contribution in [3.05, 3.63) is 35.3 Å². The zero-order chi connectivity index (χ0) is 29.8. The molecule has 1 aliphatic carbocycles. The summed E-state index contributed by atoms with van der Waals surface area (Å²) in [5.74, 6) is -2.55. The molecular weight excluding hydrogens is 565 g/mol. The van der Waals surface area contributed by atoms with E-state index in [1.54, 1.807) is 0 Å². The minimum atomic E-state index is -1.20. The number of likely N-dealkylation sites (tertiary alicyclic amines) is 1. The molecule has 4 heterocycles. The van der Waals surface area contributed by atoms with Crippen molar-refractivity contribution >= 4 is 43.1 Å². The number of fused-ring (bicyclic) bond motifs is 2. The van der Waals surface area contributed by atoms with E-state index < -0.39 is 17.5 Å². The largest absolute Gasteiger partial charge is 0.463 e. The molecule has 4 aromatic rings. The Labute approximate surface area is 245 Å². The SMILES string of the molecule is CN1CC[C@H](COc2nc(NCC3(N(C)C)CCC3)c3cnc(-c4cc(F)c(F)c5sc(N)c(C#N)c45)c(F)c3n2)C1. The highest BCUT2D eigenvalue weighted by Gasteiger charge is 2.39. The number of nitriles is 1. The van der Waals surface area contributed by atoms with Gasteiger partial charge < -0.3 is 25.6 Å². The number of nitrogens with zero attached hydrogens (tertiary/aromatic N) is 6. The number of rotatable bonds is 8. The van der Waals surface area contributed by atoms with E-state index in [0.717, 1.165) is 56.2 Å². The van der Waals surface area contributed by atoms with E-state index in [2.05, 4.69) is 30.1 Å². The van der Waals surface area contributed by atoms with E-state index in [1.165, 1.54) is 6.20 Å². The smallest absolute Gasteiger partial charge is 0.319 e. The van der Waals surface area contributed by atoms with Gasteiger partial charge in [0.2, 0.25) is 0 Å². The fourth-order valence-electron chi connectivity index (χ4n) is 5.92. The highest BCUT2D eigenvalue weighted by molar-refractivity contribution is 7.23. The number of benzene rings is 1. The second-order valence-electron chi connectivity index (χ2n) is 11.5. The summed E-state index contributed by atoms with van der Waals surface area (Å²) in [5.41, 5.74) is 5.38. The van der Waals surface area contributed by atoms with E-state index >= 15 is 4.39 Å². The first-order chi connectivity index (χ1) is 20.1. The van der Waals surface area contributed by atoms with E-state index in [1.807, 2.05) is 27.2 Å². The van der Waals surface area contributed by atoms with Crippen molar-refractivity contribution in [2.24, 2.45) is 5.92 Å². The molecule has 0 spiro atoms. The first kappa shape index (κ1) is 28.4. The molecule has 3 aromatic heterocycles. The van der Waals surface area contributed by atoms with Gasteiger partial charge in [0.25, 0.3) is 0 Å². The van der Waals surface area contributed by atoms with Gasteiger partial charge in [-0.15, -0.1) is 11.3 Å². The minimum absolute atomic E-state index is 0.00678. The van der Waals surface area contributed by atoms with Gasteiger partial charge in [0.1, 0.15) is 28.1 Å². The molecule has 1 saturated carbocycles. The van der Waals surface area contributed by atoms with Gasteiger partial charge >= 0.3 is 6.01 Å². The van der Waals surface area contributed by atoms with E-state index in [4.69, 9.17) is 10.5 Å². The van der Waals surface area contributed by atoms with Gasteiger partial charge in [-0.05, 0) is 59.4 Å². The molecule has 13 heteroatoms. The van der Waals surface area contributed by atoms with Crippen LogP contribution in [0.1, 0.15) is 31.2 Å². The van der Waals surface area contributed by atoms with Gasteiger partial charge in [-0.25, -0.2) is 13.2 Å². The molecule has 3 N–H and O–H groups in total. The Kier molecular flexibility index (Phi) is 7.32. The maximum absolute atomic E-state index is 16.4. The first-order valence-corrected chi connectivity index (χ1v) is 14.6. The number of nitrogens with one attached hydrogen (secondary N) is 1. The van der Waals surface area contributed by atoms with E-state index in [-0.39, 0.29) is 49.0 Å². The van der Waals surface area contributed by atoms with Crippen molar-refractivity contribution in [1.82, 2.24) is 24.8 Å². The number of nitrogen functional groups attached to an aromatic ring is 1. The Balaban J connectivity index is 1.47. The number of nitrogens with two attached hydrogens (primary N) is 1. The first-order valence-electron chi connectivity index (χ1n) is 13.8. The van der Waals surface area contributed by atoms with Crippen LogP contribution in [0.25, 0.3) is 32.2 Å². The average Bonchev–Trinajstić information content (AvgIpc) is 3.51. The molecule has 0 bridgehead atoms. The summed E-state index contributed by atoms with van der Waals surface area (Å²) in [6, 6.07) is 2.78. The van der Waals surface area contributed by atoms with Gasteiger partial charge in [-0.3, -0.25) is 4.98 Å². The molecule has 1 saturated heterocycles. The van der Waals surface area contributed by atoms with Crippen LogP contribution in [-0.2, 0) is 0 Å². The quantitative estimate of drug-likeness (QED) is 0.290. The van der Waals surface area contributed by atoms with Gasteiger partial charge in [0.15, 0.2) is 17.5 Å². The number of likely N-dealkylation sites (N-methyl/N-ethyl adjacent to an activating group) is 1. The average molecular weight is 597 g/mol. The number of anilines is 2. The van der Waals surface area contributed by atoms with E-state index in [9.17, 15) is 14.0 Å². The number of halogens is 3. The van der Waals surface area contributed by atoms with Crippen LogP contribution in [0.2, 0.25) is 0 Å².